The van der Waals surface area contributed by atoms with Gasteiger partial charge in [0.25, 0.3) is 0 Å². The van der Waals surface area contributed by atoms with Gasteiger partial charge < -0.3 is 19.3 Å². The molecular formula is C19H24N2O3. The summed E-state index contributed by atoms with van der Waals surface area (Å²) in [4.78, 5) is 14.0. The summed E-state index contributed by atoms with van der Waals surface area (Å²) >= 11 is 0. The SMILES string of the molecule is Cc1c(O)c(=O)ccn1-c1cccc(OCCCN2CCCC2)c1. The van der Waals surface area contributed by atoms with E-state index in [0.29, 0.717) is 12.3 Å². The maximum Gasteiger partial charge on any atom is 0.223 e. The summed E-state index contributed by atoms with van der Waals surface area (Å²) in [6, 6.07) is 9.06. The van der Waals surface area contributed by atoms with Gasteiger partial charge in [-0.3, -0.25) is 4.79 Å². The van der Waals surface area contributed by atoms with Gasteiger partial charge in [-0.1, -0.05) is 6.07 Å². The van der Waals surface area contributed by atoms with Gasteiger partial charge in [-0.25, -0.2) is 0 Å². The van der Waals surface area contributed by atoms with E-state index in [2.05, 4.69) is 4.90 Å². The molecule has 0 atom stereocenters. The van der Waals surface area contributed by atoms with E-state index in [1.165, 1.54) is 32.0 Å². The van der Waals surface area contributed by atoms with Crippen molar-refractivity contribution < 1.29 is 9.84 Å². The zero-order chi connectivity index (χ0) is 16.9. The van der Waals surface area contributed by atoms with Crippen LogP contribution < -0.4 is 10.2 Å². The molecule has 2 heterocycles. The van der Waals surface area contributed by atoms with Crippen LogP contribution in [0.3, 0.4) is 0 Å². The van der Waals surface area contributed by atoms with Crippen LogP contribution in [-0.2, 0) is 0 Å². The highest BCUT2D eigenvalue weighted by Crippen LogP contribution is 2.20. The van der Waals surface area contributed by atoms with Gasteiger partial charge in [0, 0.05) is 30.6 Å². The number of aromatic nitrogens is 1. The summed E-state index contributed by atoms with van der Waals surface area (Å²) in [6.07, 6.45) is 5.31. The molecular weight excluding hydrogens is 304 g/mol. The maximum atomic E-state index is 11.5. The zero-order valence-corrected chi connectivity index (χ0v) is 14.1. The first-order chi connectivity index (χ1) is 11.6. The molecule has 1 fully saturated rings. The predicted molar refractivity (Wildman–Crippen MR) is 94.2 cm³/mol. The number of hydrogen-bond acceptors (Lipinski definition) is 4. The lowest BCUT2D eigenvalue weighted by Crippen LogP contribution is -2.21. The third kappa shape index (κ3) is 3.79. The fourth-order valence-electron chi connectivity index (χ4n) is 3.11. The molecule has 1 N–H and O–H groups in total. The standard InChI is InChI=1S/C19H24N2O3/c1-15-19(23)18(22)8-12-21(15)16-6-4-7-17(14-16)24-13-5-11-20-9-2-3-10-20/h4,6-8,12,14,23H,2-3,5,9-11,13H2,1H3. The molecule has 0 radical (unpaired) electrons. The fourth-order valence-corrected chi connectivity index (χ4v) is 3.11. The predicted octanol–water partition coefficient (Wildman–Crippen LogP) is 2.72. The van der Waals surface area contributed by atoms with Crippen molar-refractivity contribution in [1.82, 2.24) is 9.47 Å². The highest BCUT2D eigenvalue weighted by atomic mass is 16.5. The van der Waals surface area contributed by atoms with Crippen LogP contribution in [0.15, 0.2) is 41.3 Å². The van der Waals surface area contributed by atoms with Crippen molar-refractivity contribution in [3.05, 3.63) is 52.4 Å². The van der Waals surface area contributed by atoms with E-state index in [0.717, 1.165) is 24.4 Å². The minimum Gasteiger partial charge on any atom is -0.503 e. The van der Waals surface area contributed by atoms with Crippen LogP contribution in [0.2, 0.25) is 0 Å². The minimum absolute atomic E-state index is 0.213. The summed E-state index contributed by atoms with van der Waals surface area (Å²) in [5.74, 6) is 0.584. The molecule has 1 aromatic carbocycles. The van der Waals surface area contributed by atoms with Gasteiger partial charge in [-0.2, -0.15) is 0 Å². The Morgan fingerprint density at radius 2 is 2.00 bits per heavy atom. The lowest BCUT2D eigenvalue weighted by Gasteiger charge is -2.15. The van der Waals surface area contributed by atoms with Crippen LogP contribution in [-0.4, -0.2) is 40.8 Å². The number of ether oxygens (including phenoxy) is 1. The second-order valence-electron chi connectivity index (χ2n) is 6.23. The summed E-state index contributed by atoms with van der Waals surface area (Å²) in [7, 11) is 0. The van der Waals surface area contributed by atoms with Crippen LogP contribution in [0, 0.1) is 6.92 Å². The number of hydrogen-bond donors (Lipinski definition) is 1. The van der Waals surface area contributed by atoms with Gasteiger partial charge in [0.05, 0.1) is 12.3 Å². The Kier molecular flexibility index (Phi) is 5.20. The van der Waals surface area contributed by atoms with Gasteiger partial charge >= 0.3 is 0 Å². The van der Waals surface area contributed by atoms with Crippen LogP contribution >= 0.6 is 0 Å². The molecule has 5 nitrogen and oxygen atoms in total. The summed E-state index contributed by atoms with van der Waals surface area (Å²) < 4.78 is 7.64. The van der Waals surface area contributed by atoms with E-state index >= 15 is 0 Å². The molecule has 0 bridgehead atoms. The van der Waals surface area contributed by atoms with Crippen molar-refractivity contribution in [3.8, 4) is 17.2 Å². The first-order valence-corrected chi connectivity index (χ1v) is 8.52. The van der Waals surface area contributed by atoms with Crippen molar-refractivity contribution in [2.24, 2.45) is 0 Å². The average molecular weight is 328 g/mol. The summed E-state index contributed by atoms with van der Waals surface area (Å²) in [5, 5.41) is 9.83. The Morgan fingerprint density at radius 1 is 1.21 bits per heavy atom. The average Bonchev–Trinajstić information content (AvgIpc) is 3.10. The number of benzene rings is 1. The highest BCUT2D eigenvalue weighted by Gasteiger charge is 2.11. The number of nitrogens with zero attached hydrogens (tertiary/aromatic N) is 2. The van der Waals surface area contributed by atoms with Gasteiger partial charge in [0.2, 0.25) is 5.43 Å². The normalized spacial score (nSPS) is 14.9. The first kappa shape index (κ1) is 16.6. The quantitative estimate of drug-likeness (QED) is 0.829. The Hall–Kier alpha value is -2.27. The molecule has 0 aliphatic carbocycles. The van der Waals surface area contributed by atoms with Gasteiger partial charge in [-0.15, -0.1) is 0 Å². The monoisotopic (exact) mass is 328 g/mol. The molecule has 2 aromatic rings. The van der Waals surface area contributed by atoms with E-state index < -0.39 is 0 Å². The third-order valence-electron chi connectivity index (χ3n) is 4.49. The Bertz CT molecular complexity index is 749. The molecule has 0 spiro atoms. The van der Waals surface area contributed by atoms with Crippen LogP contribution in [0.1, 0.15) is 25.0 Å². The van der Waals surface area contributed by atoms with Gasteiger partial charge in [-0.05, 0) is 51.4 Å². The van der Waals surface area contributed by atoms with Crippen LogP contribution in [0.5, 0.6) is 11.5 Å². The van der Waals surface area contributed by atoms with Crippen molar-refractivity contribution in [3.63, 3.8) is 0 Å². The lowest BCUT2D eigenvalue weighted by molar-refractivity contribution is 0.263. The van der Waals surface area contributed by atoms with E-state index in [9.17, 15) is 9.90 Å². The third-order valence-corrected chi connectivity index (χ3v) is 4.49. The molecule has 5 heteroatoms. The zero-order valence-electron chi connectivity index (χ0n) is 14.1. The van der Waals surface area contributed by atoms with E-state index in [1.54, 1.807) is 17.7 Å². The number of aromatic hydroxyl groups is 1. The van der Waals surface area contributed by atoms with E-state index in [1.807, 2.05) is 24.3 Å². The molecule has 0 saturated carbocycles. The topological polar surface area (TPSA) is 54.7 Å². The molecule has 1 aromatic heterocycles. The molecule has 1 aliphatic rings. The molecule has 1 aliphatic heterocycles. The van der Waals surface area contributed by atoms with Crippen LogP contribution in [0.25, 0.3) is 5.69 Å². The highest BCUT2D eigenvalue weighted by molar-refractivity contribution is 5.42. The Balaban J connectivity index is 1.63. The second-order valence-corrected chi connectivity index (χ2v) is 6.23. The molecule has 3 rings (SSSR count). The smallest absolute Gasteiger partial charge is 0.223 e. The van der Waals surface area contributed by atoms with Crippen molar-refractivity contribution in [2.45, 2.75) is 26.2 Å². The lowest BCUT2D eigenvalue weighted by atomic mass is 10.2. The first-order valence-electron chi connectivity index (χ1n) is 8.52. The molecule has 0 unspecified atom stereocenters. The number of likely N-dealkylation sites (tertiary alicyclic amines) is 1. The minimum atomic E-state index is -0.363. The Labute approximate surface area is 142 Å². The van der Waals surface area contributed by atoms with Crippen LogP contribution in [0.4, 0.5) is 0 Å². The number of rotatable bonds is 6. The summed E-state index contributed by atoms with van der Waals surface area (Å²) in [6.45, 7) is 5.93. The molecule has 0 amide bonds. The van der Waals surface area contributed by atoms with Crippen molar-refractivity contribution >= 4 is 0 Å². The molecule has 128 valence electrons. The van der Waals surface area contributed by atoms with Crippen molar-refractivity contribution in [1.29, 1.82) is 0 Å². The largest absolute Gasteiger partial charge is 0.503 e. The second kappa shape index (κ2) is 7.53. The van der Waals surface area contributed by atoms with Gasteiger partial charge in [0.15, 0.2) is 5.75 Å². The Morgan fingerprint density at radius 3 is 2.79 bits per heavy atom. The van der Waals surface area contributed by atoms with E-state index in [4.69, 9.17) is 4.74 Å². The maximum absolute atomic E-state index is 11.5. The van der Waals surface area contributed by atoms with E-state index in [-0.39, 0.29) is 11.2 Å². The van der Waals surface area contributed by atoms with Gasteiger partial charge in [0.1, 0.15) is 5.75 Å². The van der Waals surface area contributed by atoms with Crippen molar-refractivity contribution in [2.75, 3.05) is 26.2 Å². The summed E-state index contributed by atoms with van der Waals surface area (Å²) in [5.41, 5.74) is 1.02. The molecule has 1 saturated heterocycles. The fraction of sp³-hybridized carbons (Fsp3) is 0.421. The molecule has 24 heavy (non-hydrogen) atoms. The number of pyridine rings is 1.